The van der Waals surface area contributed by atoms with E-state index in [1.54, 1.807) is 31.4 Å². The summed E-state index contributed by atoms with van der Waals surface area (Å²) >= 11 is 6.22. The predicted molar refractivity (Wildman–Crippen MR) is 102 cm³/mol. The molecule has 1 aliphatic rings. The van der Waals surface area contributed by atoms with Crippen molar-refractivity contribution < 1.29 is 28.6 Å². The number of furan rings is 1. The maximum Gasteiger partial charge on any atom is 0.295 e. The second-order valence-corrected chi connectivity index (χ2v) is 6.61. The molecule has 1 aromatic carbocycles. The van der Waals surface area contributed by atoms with E-state index in [2.05, 4.69) is 0 Å². The molecule has 1 aromatic heterocycles. The number of halogens is 1. The third-order valence-electron chi connectivity index (χ3n) is 4.53. The van der Waals surface area contributed by atoms with E-state index in [9.17, 15) is 14.7 Å². The first kappa shape index (κ1) is 20.0. The van der Waals surface area contributed by atoms with Gasteiger partial charge in [-0.05, 0) is 36.8 Å². The molecule has 0 spiro atoms. The number of nitrogens with zero attached hydrogens (tertiary/aromatic N) is 1. The van der Waals surface area contributed by atoms with E-state index in [1.165, 1.54) is 24.3 Å². The van der Waals surface area contributed by atoms with Crippen molar-refractivity contribution in [3.63, 3.8) is 0 Å². The minimum Gasteiger partial charge on any atom is -0.507 e. The largest absolute Gasteiger partial charge is 0.507 e. The van der Waals surface area contributed by atoms with Gasteiger partial charge in [-0.2, -0.15) is 0 Å². The van der Waals surface area contributed by atoms with Gasteiger partial charge < -0.3 is 23.9 Å². The number of benzene rings is 1. The molecule has 3 rings (SSSR count). The molecule has 28 heavy (non-hydrogen) atoms. The van der Waals surface area contributed by atoms with Crippen molar-refractivity contribution in [2.75, 3.05) is 27.4 Å². The van der Waals surface area contributed by atoms with E-state index >= 15 is 0 Å². The van der Waals surface area contributed by atoms with Crippen LogP contribution in [0.2, 0.25) is 5.02 Å². The average Bonchev–Trinajstić information content (AvgIpc) is 3.30. The lowest BCUT2D eigenvalue weighted by Gasteiger charge is -2.23. The maximum absolute atomic E-state index is 12.8. The second-order valence-electron chi connectivity index (χ2n) is 6.20. The molecule has 148 valence electrons. The molecule has 8 heteroatoms. The standard InChI is InChI=1S/C20H20ClNO6/c1-26-9-4-8-22-17(15-5-3-10-28-15)16(19(24)20(22)25)18(23)13-11-12(27-2)6-7-14(13)21/h3,5-7,10-11,17,23H,4,8-9H2,1-2H3/b18-16-. The van der Waals surface area contributed by atoms with Gasteiger partial charge in [0.1, 0.15) is 23.3 Å². The van der Waals surface area contributed by atoms with Gasteiger partial charge in [0, 0.05) is 25.8 Å². The fraction of sp³-hybridized carbons (Fsp3) is 0.300. The highest BCUT2D eigenvalue weighted by molar-refractivity contribution is 6.46. The molecule has 2 heterocycles. The fourth-order valence-electron chi connectivity index (χ4n) is 3.19. The first-order valence-electron chi connectivity index (χ1n) is 8.64. The molecule has 1 aliphatic heterocycles. The van der Waals surface area contributed by atoms with Gasteiger partial charge in [0.25, 0.3) is 11.7 Å². The predicted octanol–water partition coefficient (Wildman–Crippen LogP) is 3.40. The summed E-state index contributed by atoms with van der Waals surface area (Å²) in [5, 5.41) is 11.2. The van der Waals surface area contributed by atoms with E-state index < -0.39 is 17.7 Å². The highest BCUT2D eigenvalue weighted by Crippen LogP contribution is 2.41. The zero-order valence-electron chi connectivity index (χ0n) is 15.5. The molecular weight excluding hydrogens is 386 g/mol. The molecular formula is C20H20ClNO6. The SMILES string of the molecule is COCCCN1C(=O)C(=O)/C(=C(\O)c2cc(OC)ccc2Cl)C1c1ccco1. The summed E-state index contributed by atoms with van der Waals surface area (Å²) in [6.07, 6.45) is 1.98. The number of likely N-dealkylation sites (tertiary alicyclic amines) is 1. The van der Waals surface area contributed by atoms with Crippen molar-refractivity contribution in [3.05, 3.63) is 58.5 Å². The molecule has 0 aliphatic carbocycles. The topological polar surface area (TPSA) is 89.2 Å². The molecule has 2 aromatic rings. The van der Waals surface area contributed by atoms with Crippen molar-refractivity contribution in [2.24, 2.45) is 0 Å². The van der Waals surface area contributed by atoms with Crippen LogP contribution in [0.15, 0.2) is 46.6 Å². The Morgan fingerprint density at radius 2 is 2.07 bits per heavy atom. The molecule has 7 nitrogen and oxygen atoms in total. The van der Waals surface area contributed by atoms with E-state index in [0.29, 0.717) is 24.5 Å². The Labute approximate surface area is 167 Å². The van der Waals surface area contributed by atoms with Crippen LogP contribution in [0.25, 0.3) is 5.76 Å². The lowest BCUT2D eigenvalue weighted by atomic mass is 9.99. The first-order valence-corrected chi connectivity index (χ1v) is 9.02. The monoisotopic (exact) mass is 405 g/mol. The van der Waals surface area contributed by atoms with E-state index in [0.717, 1.165) is 0 Å². The first-order chi connectivity index (χ1) is 13.5. The van der Waals surface area contributed by atoms with Gasteiger partial charge >= 0.3 is 0 Å². The van der Waals surface area contributed by atoms with E-state index in [4.69, 9.17) is 25.5 Å². The highest BCUT2D eigenvalue weighted by Gasteiger charge is 2.47. The van der Waals surface area contributed by atoms with Crippen LogP contribution in [-0.4, -0.2) is 49.1 Å². The Kier molecular flexibility index (Phi) is 6.06. The van der Waals surface area contributed by atoms with Gasteiger partial charge in [0.15, 0.2) is 0 Å². The molecule has 1 saturated heterocycles. The molecule has 0 radical (unpaired) electrons. The lowest BCUT2D eigenvalue weighted by molar-refractivity contribution is -0.140. The number of carbonyl (C=O) groups is 2. The van der Waals surface area contributed by atoms with Crippen molar-refractivity contribution in [3.8, 4) is 5.75 Å². The lowest BCUT2D eigenvalue weighted by Crippen LogP contribution is -2.31. The number of amides is 1. The average molecular weight is 406 g/mol. The number of aliphatic hydroxyl groups is 1. The van der Waals surface area contributed by atoms with Crippen LogP contribution in [0.4, 0.5) is 0 Å². The third kappa shape index (κ3) is 3.63. The molecule has 1 atom stereocenters. The Bertz CT molecular complexity index is 905. The van der Waals surface area contributed by atoms with Crippen LogP contribution in [0, 0.1) is 0 Å². The van der Waals surface area contributed by atoms with E-state index in [-0.39, 0.29) is 28.5 Å². The summed E-state index contributed by atoms with van der Waals surface area (Å²) in [5.74, 6) is -1.06. The van der Waals surface area contributed by atoms with Crippen LogP contribution in [0.1, 0.15) is 23.8 Å². The summed E-state index contributed by atoms with van der Waals surface area (Å²) in [6, 6.07) is 7.14. The van der Waals surface area contributed by atoms with Gasteiger partial charge in [0.2, 0.25) is 0 Å². The van der Waals surface area contributed by atoms with Gasteiger partial charge in [-0.25, -0.2) is 0 Å². The Morgan fingerprint density at radius 3 is 2.71 bits per heavy atom. The number of ketones is 1. The summed E-state index contributed by atoms with van der Waals surface area (Å²) in [4.78, 5) is 26.8. The third-order valence-corrected chi connectivity index (χ3v) is 4.86. The summed E-state index contributed by atoms with van der Waals surface area (Å²) in [7, 11) is 3.04. The number of carbonyl (C=O) groups excluding carboxylic acids is 2. The van der Waals surface area contributed by atoms with Crippen molar-refractivity contribution >= 4 is 29.1 Å². The van der Waals surface area contributed by atoms with Crippen LogP contribution < -0.4 is 4.74 Å². The van der Waals surface area contributed by atoms with Gasteiger partial charge in [-0.15, -0.1) is 0 Å². The van der Waals surface area contributed by atoms with Crippen molar-refractivity contribution in [1.29, 1.82) is 0 Å². The van der Waals surface area contributed by atoms with E-state index in [1.807, 2.05) is 0 Å². The highest BCUT2D eigenvalue weighted by atomic mass is 35.5. The number of hydrogen-bond acceptors (Lipinski definition) is 6. The summed E-state index contributed by atoms with van der Waals surface area (Å²) < 4.78 is 15.7. The molecule has 0 bridgehead atoms. The number of methoxy groups -OCH3 is 2. The molecule has 0 saturated carbocycles. The zero-order valence-corrected chi connectivity index (χ0v) is 16.2. The minimum atomic E-state index is -0.853. The normalized spacial score (nSPS) is 18.7. The quantitative estimate of drug-likeness (QED) is 0.328. The van der Waals surface area contributed by atoms with Crippen LogP contribution >= 0.6 is 11.6 Å². The summed E-state index contributed by atoms with van der Waals surface area (Å²) in [6.45, 7) is 0.696. The molecule has 1 unspecified atom stereocenters. The number of hydrogen-bond donors (Lipinski definition) is 1. The van der Waals surface area contributed by atoms with Crippen LogP contribution in [0.3, 0.4) is 0 Å². The Morgan fingerprint density at radius 1 is 1.29 bits per heavy atom. The minimum absolute atomic E-state index is 0.0764. The second kappa shape index (κ2) is 8.50. The molecule has 1 fully saturated rings. The van der Waals surface area contributed by atoms with Crippen molar-refractivity contribution in [2.45, 2.75) is 12.5 Å². The van der Waals surface area contributed by atoms with Crippen LogP contribution in [-0.2, 0) is 14.3 Å². The number of ether oxygens (including phenoxy) is 2. The van der Waals surface area contributed by atoms with Gasteiger partial charge in [-0.3, -0.25) is 9.59 Å². The maximum atomic E-state index is 12.8. The molecule has 1 N–H and O–H groups in total. The van der Waals surface area contributed by atoms with Crippen LogP contribution in [0.5, 0.6) is 5.75 Å². The van der Waals surface area contributed by atoms with Gasteiger partial charge in [-0.1, -0.05) is 11.6 Å². The summed E-state index contributed by atoms with van der Waals surface area (Å²) in [5.41, 5.74) is 0.125. The number of aliphatic hydroxyl groups excluding tert-OH is 1. The molecule has 1 amide bonds. The fourth-order valence-corrected chi connectivity index (χ4v) is 3.40. The number of rotatable bonds is 7. The van der Waals surface area contributed by atoms with Gasteiger partial charge in [0.05, 0.1) is 24.0 Å². The smallest absolute Gasteiger partial charge is 0.295 e. The van der Waals surface area contributed by atoms with Crippen molar-refractivity contribution in [1.82, 2.24) is 4.90 Å². The number of Topliss-reactive ketones (excluding diaryl/α,β-unsaturated/α-hetero) is 1. The Balaban J connectivity index is 2.12. The zero-order chi connectivity index (χ0) is 20.3. The Hall–Kier alpha value is -2.77.